The molecule has 3 rings (SSSR count). The summed E-state index contributed by atoms with van der Waals surface area (Å²) in [5.41, 5.74) is 7.93. The lowest BCUT2D eigenvalue weighted by Gasteiger charge is -2.36. The van der Waals surface area contributed by atoms with Crippen molar-refractivity contribution in [2.75, 3.05) is 41.7 Å². The number of nitrogens with two attached hydrogens (primary N) is 1. The second kappa shape index (κ2) is 5.63. The maximum absolute atomic E-state index is 6.20. The Morgan fingerprint density at radius 2 is 1.86 bits per heavy atom. The molecule has 112 valence electrons. The third-order valence-corrected chi connectivity index (χ3v) is 4.00. The molecule has 2 aromatic heterocycles. The van der Waals surface area contributed by atoms with E-state index in [1.807, 2.05) is 29.9 Å². The van der Waals surface area contributed by atoms with Gasteiger partial charge in [-0.05, 0) is 26.0 Å². The molecule has 6 heteroatoms. The zero-order valence-electron chi connectivity index (χ0n) is 12.7. The minimum atomic E-state index is 0.808. The fourth-order valence-electron chi connectivity index (χ4n) is 2.83. The standard InChI is InChI=1S/C15H22N6/c1-3-21-15(14(16)12(2)18-21)20-10-8-19(9-11-20)13-6-4-5-7-17-13/h4-7H,3,8-11,16H2,1-2H3. The van der Waals surface area contributed by atoms with Crippen LogP contribution in [0.25, 0.3) is 0 Å². The van der Waals surface area contributed by atoms with Crippen LogP contribution >= 0.6 is 0 Å². The molecule has 0 amide bonds. The van der Waals surface area contributed by atoms with Gasteiger partial charge in [0.25, 0.3) is 0 Å². The van der Waals surface area contributed by atoms with Crippen LogP contribution < -0.4 is 15.5 Å². The fourth-order valence-corrected chi connectivity index (χ4v) is 2.83. The maximum atomic E-state index is 6.20. The van der Waals surface area contributed by atoms with Gasteiger partial charge in [0.1, 0.15) is 5.82 Å². The van der Waals surface area contributed by atoms with Crippen LogP contribution in [0.2, 0.25) is 0 Å². The van der Waals surface area contributed by atoms with Gasteiger partial charge in [0.05, 0.1) is 11.4 Å². The van der Waals surface area contributed by atoms with E-state index in [1.54, 1.807) is 0 Å². The van der Waals surface area contributed by atoms with Crippen LogP contribution in [-0.4, -0.2) is 40.9 Å². The third kappa shape index (κ3) is 2.53. The number of piperazine rings is 1. The van der Waals surface area contributed by atoms with Crippen molar-refractivity contribution in [3.05, 3.63) is 30.1 Å². The minimum Gasteiger partial charge on any atom is -0.394 e. The average molecular weight is 286 g/mol. The summed E-state index contributed by atoms with van der Waals surface area (Å²) >= 11 is 0. The summed E-state index contributed by atoms with van der Waals surface area (Å²) in [6.07, 6.45) is 1.84. The number of pyridine rings is 1. The molecule has 1 saturated heterocycles. The predicted octanol–water partition coefficient (Wildman–Crippen LogP) is 1.52. The van der Waals surface area contributed by atoms with E-state index >= 15 is 0 Å². The fraction of sp³-hybridized carbons (Fsp3) is 0.467. The molecule has 6 nitrogen and oxygen atoms in total. The average Bonchev–Trinajstić information content (AvgIpc) is 2.83. The number of anilines is 3. The van der Waals surface area contributed by atoms with Crippen molar-refractivity contribution in [1.82, 2.24) is 14.8 Å². The molecule has 3 heterocycles. The van der Waals surface area contributed by atoms with Gasteiger partial charge in [-0.15, -0.1) is 0 Å². The summed E-state index contributed by atoms with van der Waals surface area (Å²) in [4.78, 5) is 9.06. The van der Waals surface area contributed by atoms with E-state index < -0.39 is 0 Å². The molecule has 1 aliphatic rings. The molecule has 21 heavy (non-hydrogen) atoms. The molecule has 2 aromatic rings. The number of hydrogen-bond acceptors (Lipinski definition) is 5. The minimum absolute atomic E-state index is 0.808. The van der Waals surface area contributed by atoms with E-state index in [4.69, 9.17) is 5.73 Å². The van der Waals surface area contributed by atoms with Gasteiger partial charge in [-0.1, -0.05) is 6.07 Å². The third-order valence-electron chi connectivity index (χ3n) is 4.00. The molecule has 0 unspecified atom stereocenters. The Hall–Kier alpha value is -2.24. The summed E-state index contributed by atoms with van der Waals surface area (Å²) in [6, 6.07) is 6.04. The highest BCUT2D eigenvalue weighted by Crippen LogP contribution is 2.27. The van der Waals surface area contributed by atoms with Gasteiger partial charge < -0.3 is 15.5 Å². The lowest BCUT2D eigenvalue weighted by Crippen LogP contribution is -2.47. The first-order chi connectivity index (χ1) is 10.2. The molecule has 0 aromatic carbocycles. The summed E-state index contributed by atoms with van der Waals surface area (Å²) in [7, 11) is 0. The van der Waals surface area contributed by atoms with Crippen LogP contribution in [0, 0.1) is 6.92 Å². The van der Waals surface area contributed by atoms with Gasteiger partial charge in [-0.25, -0.2) is 9.67 Å². The predicted molar refractivity (Wildman–Crippen MR) is 85.7 cm³/mol. The maximum Gasteiger partial charge on any atom is 0.150 e. The lowest BCUT2D eigenvalue weighted by molar-refractivity contribution is 0.594. The number of hydrogen-bond donors (Lipinski definition) is 1. The van der Waals surface area contributed by atoms with E-state index in [9.17, 15) is 0 Å². The van der Waals surface area contributed by atoms with Crippen molar-refractivity contribution in [3.63, 3.8) is 0 Å². The monoisotopic (exact) mass is 286 g/mol. The summed E-state index contributed by atoms with van der Waals surface area (Å²) in [5, 5.41) is 4.51. The van der Waals surface area contributed by atoms with E-state index in [-0.39, 0.29) is 0 Å². The Morgan fingerprint density at radius 1 is 1.14 bits per heavy atom. The van der Waals surface area contributed by atoms with Crippen molar-refractivity contribution in [2.24, 2.45) is 0 Å². The van der Waals surface area contributed by atoms with E-state index in [1.165, 1.54) is 0 Å². The molecule has 0 aliphatic carbocycles. The first-order valence-electron chi connectivity index (χ1n) is 7.44. The van der Waals surface area contributed by atoms with Crippen LogP contribution in [0.3, 0.4) is 0 Å². The topological polar surface area (TPSA) is 63.2 Å². The van der Waals surface area contributed by atoms with Crippen molar-refractivity contribution in [2.45, 2.75) is 20.4 Å². The van der Waals surface area contributed by atoms with E-state index in [0.717, 1.165) is 55.7 Å². The Balaban J connectivity index is 1.74. The van der Waals surface area contributed by atoms with Gasteiger partial charge in [0.2, 0.25) is 0 Å². The lowest BCUT2D eigenvalue weighted by atomic mass is 10.2. The smallest absolute Gasteiger partial charge is 0.150 e. The quantitative estimate of drug-likeness (QED) is 0.926. The largest absolute Gasteiger partial charge is 0.394 e. The van der Waals surface area contributed by atoms with E-state index in [0.29, 0.717) is 0 Å². The molecular weight excluding hydrogens is 264 g/mol. The normalized spacial score (nSPS) is 15.5. The van der Waals surface area contributed by atoms with Crippen LogP contribution in [-0.2, 0) is 6.54 Å². The second-order valence-electron chi connectivity index (χ2n) is 5.30. The number of nitrogen functional groups attached to an aromatic ring is 1. The first-order valence-corrected chi connectivity index (χ1v) is 7.44. The Kier molecular flexibility index (Phi) is 3.68. The molecule has 0 saturated carbocycles. The molecule has 0 spiro atoms. The van der Waals surface area contributed by atoms with Crippen molar-refractivity contribution in [1.29, 1.82) is 0 Å². The highest BCUT2D eigenvalue weighted by molar-refractivity contribution is 5.66. The van der Waals surface area contributed by atoms with Crippen LogP contribution in [0.15, 0.2) is 24.4 Å². The van der Waals surface area contributed by atoms with Crippen LogP contribution in [0.4, 0.5) is 17.3 Å². The number of rotatable bonds is 3. The van der Waals surface area contributed by atoms with Crippen molar-refractivity contribution >= 4 is 17.3 Å². The highest BCUT2D eigenvalue weighted by Gasteiger charge is 2.23. The summed E-state index contributed by atoms with van der Waals surface area (Å²) < 4.78 is 2.00. The first kappa shape index (κ1) is 13.7. The van der Waals surface area contributed by atoms with Gasteiger partial charge in [-0.2, -0.15) is 5.10 Å². The van der Waals surface area contributed by atoms with Gasteiger partial charge >= 0.3 is 0 Å². The summed E-state index contributed by atoms with van der Waals surface area (Å²) in [6.45, 7) is 8.68. The van der Waals surface area contributed by atoms with Crippen LogP contribution in [0.1, 0.15) is 12.6 Å². The molecule has 0 bridgehead atoms. The van der Waals surface area contributed by atoms with Crippen molar-refractivity contribution < 1.29 is 0 Å². The molecule has 1 fully saturated rings. The highest BCUT2D eigenvalue weighted by atomic mass is 15.4. The SMILES string of the molecule is CCn1nc(C)c(N)c1N1CCN(c2ccccn2)CC1. The second-order valence-corrected chi connectivity index (χ2v) is 5.30. The van der Waals surface area contributed by atoms with Gasteiger partial charge in [0, 0.05) is 38.9 Å². The zero-order chi connectivity index (χ0) is 14.8. The zero-order valence-corrected chi connectivity index (χ0v) is 12.7. The molecule has 1 aliphatic heterocycles. The Bertz CT molecular complexity index is 598. The number of aryl methyl sites for hydroxylation is 2. The van der Waals surface area contributed by atoms with Gasteiger partial charge in [0.15, 0.2) is 5.82 Å². The molecule has 2 N–H and O–H groups in total. The summed E-state index contributed by atoms with van der Waals surface area (Å²) in [5.74, 6) is 2.11. The molecule has 0 atom stereocenters. The van der Waals surface area contributed by atoms with Gasteiger partial charge in [-0.3, -0.25) is 0 Å². The van der Waals surface area contributed by atoms with Crippen molar-refractivity contribution in [3.8, 4) is 0 Å². The number of aromatic nitrogens is 3. The Morgan fingerprint density at radius 3 is 2.48 bits per heavy atom. The molecule has 0 radical (unpaired) electrons. The van der Waals surface area contributed by atoms with E-state index in [2.05, 4.69) is 32.9 Å². The number of nitrogens with zero attached hydrogens (tertiary/aromatic N) is 5. The Labute approximate surface area is 125 Å². The molecular formula is C15H22N6. The van der Waals surface area contributed by atoms with Crippen LogP contribution in [0.5, 0.6) is 0 Å².